The Balaban J connectivity index is 4.22. The zero-order chi connectivity index (χ0) is 44.0. The third kappa shape index (κ3) is 43.7. The number of ether oxygens (including phenoxy) is 2. The van der Waals surface area contributed by atoms with Crippen molar-refractivity contribution in [3.63, 3.8) is 0 Å². The highest BCUT2D eigenvalue weighted by Crippen LogP contribution is 2.43. The fourth-order valence-corrected chi connectivity index (χ4v) is 7.21. The van der Waals surface area contributed by atoms with E-state index in [1.807, 2.05) is 6.08 Å². The van der Waals surface area contributed by atoms with Gasteiger partial charge in [-0.25, -0.2) is 4.57 Å². The number of rotatable bonds is 45. The number of carboxylic acid groups (broad SMARTS) is 1. The number of phosphoric acid groups is 1. The van der Waals surface area contributed by atoms with E-state index in [9.17, 15) is 19.0 Å². The van der Waals surface area contributed by atoms with Crippen LogP contribution in [-0.2, 0) is 32.7 Å². The first-order valence-electron chi connectivity index (χ1n) is 23.8. The van der Waals surface area contributed by atoms with Gasteiger partial charge in [0.2, 0.25) is 0 Å². The van der Waals surface area contributed by atoms with E-state index in [0.29, 0.717) is 19.4 Å². The molecule has 0 amide bonds. The number of unbranched alkanes of at least 4 members (excludes halogenated alkanes) is 21. The van der Waals surface area contributed by atoms with Crippen LogP contribution in [-0.4, -0.2) is 60.5 Å². The first-order chi connectivity index (χ1) is 29.2. The van der Waals surface area contributed by atoms with Crippen molar-refractivity contribution in [2.24, 2.45) is 5.73 Å². The van der Waals surface area contributed by atoms with E-state index in [4.69, 9.17) is 29.4 Å². The van der Waals surface area contributed by atoms with Gasteiger partial charge in [-0.3, -0.25) is 18.6 Å². The summed E-state index contributed by atoms with van der Waals surface area (Å²) >= 11 is 0. The van der Waals surface area contributed by atoms with Crippen molar-refractivity contribution in [3.8, 4) is 0 Å². The zero-order valence-electron chi connectivity index (χ0n) is 38.0. The van der Waals surface area contributed by atoms with Crippen molar-refractivity contribution in [1.29, 1.82) is 0 Å². The molecule has 4 N–H and O–H groups in total. The van der Waals surface area contributed by atoms with Crippen LogP contribution in [0.25, 0.3) is 0 Å². The lowest BCUT2D eigenvalue weighted by molar-refractivity contribution is -0.154. The Morgan fingerprint density at radius 1 is 0.550 bits per heavy atom. The third-order valence-corrected chi connectivity index (χ3v) is 11.0. The molecule has 0 aromatic carbocycles. The van der Waals surface area contributed by atoms with E-state index in [2.05, 4.69) is 68.5 Å². The highest BCUT2D eigenvalue weighted by molar-refractivity contribution is 7.47. The summed E-state index contributed by atoms with van der Waals surface area (Å²) in [4.78, 5) is 33.6. The monoisotopic (exact) mass is 866 g/mol. The summed E-state index contributed by atoms with van der Waals surface area (Å²) in [6, 6.07) is -1.49. The summed E-state index contributed by atoms with van der Waals surface area (Å²) in [5.41, 5.74) is 5.36. The van der Waals surface area contributed by atoms with Gasteiger partial charge in [-0.05, 0) is 44.9 Å². The zero-order valence-corrected chi connectivity index (χ0v) is 38.9. The van der Waals surface area contributed by atoms with E-state index in [0.717, 1.165) is 51.4 Å². The van der Waals surface area contributed by atoms with E-state index < -0.39 is 45.1 Å². The van der Waals surface area contributed by atoms with Crippen molar-refractivity contribution in [2.45, 2.75) is 212 Å². The molecule has 348 valence electrons. The lowest BCUT2D eigenvalue weighted by Crippen LogP contribution is -2.34. The van der Waals surface area contributed by atoms with Gasteiger partial charge in [0.05, 0.1) is 26.4 Å². The number of carbonyl (C=O) groups excluding carboxylic acids is 1. The number of phosphoric ester groups is 1. The number of carboxylic acids is 1. The molecular formula is C49H88NO9P. The molecule has 3 unspecified atom stereocenters. The van der Waals surface area contributed by atoms with Gasteiger partial charge in [-0.15, -0.1) is 0 Å². The van der Waals surface area contributed by atoms with Gasteiger partial charge in [0.15, 0.2) is 0 Å². The summed E-state index contributed by atoms with van der Waals surface area (Å²) in [6.07, 6.45) is 54.5. The summed E-state index contributed by atoms with van der Waals surface area (Å²) in [7, 11) is -4.64. The molecule has 0 aliphatic rings. The van der Waals surface area contributed by atoms with Gasteiger partial charge < -0.3 is 25.2 Å². The van der Waals surface area contributed by atoms with E-state index in [1.165, 1.54) is 116 Å². The van der Waals surface area contributed by atoms with Crippen LogP contribution < -0.4 is 5.73 Å². The maximum absolute atomic E-state index is 12.7. The molecule has 0 aliphatic carbocycles. The number of hydrogen-bond acceptors (Lipinski definition) is 8. The summed E-state index contributed by atoms with van der Waals surface area (Å²) < 4.78 is 33.3. The Morgan fingerprint density at radius 2 is 0.933 bits per heavy atom. The molecule has 0 saturated heterocycles. The Labute approximate surface area is 366 Å². The first kappa shape index (κ1) is 57.7. The molecule has 0 heterocycles. The second-order valence-electron chi connectivity index (χ2n) is 15.9. The summed E-state index contributed by atoms with van der Waals surface area (Å²) in [5.74, 6) is -1.81. The molecule has 0 aromatic rings. The lowest BCUT2D eigenvalue weighted by atomic mass is 10.0. The van der Waals surface area contributed by atoms with E-state index in [-0.39, 0.29) is 13.0 Å². The predicted octanol–water partition coefficient (Wildman–Crippen LogP) is 13.6. The van der Waals surface area contributed by atoms with Crippen LogP contribution in [0.2, 0.25) is 0 Å². The minimum atomic E-state index is -4.64. The minimum absolute atomic E-state index is 0.0373. The maximum Gasteiger partial charge on any atom is 0.472 e. The molecule has 0 bridgehead atoms. The minimum Gasteiger partial charge on any atom is -0.480 e. The smallest absolute Gasteiger partial charge is 0.472 e. The molecule has 0 aliphatic heterocycles. The highest BCUT2D eigenvalue weighted by Gasteiger charge is 2.27. The van der Waals surface area contributed by atoms with Crippen molar-refractivity contribution >= 4 is 19.8 Å². The molecule has 0 saturated carbocycles. The molecule has 3 atom stereocenters. The Hall–Kier alpha value is -2.33. The second kappa shape index (κ2) is 44.7. The lowest BCUT2D eigenvalue weighted by Gasteiger charge is -2.20. The maximum atomic E-state index is 12.7. The number of hydrogen-bond donors (Lipinski definition) is 3. The molecule has 60 heavy (non-hydrogen) atoms. The molecule has 0 radical (unpaired) electrons. The molecule has 0 spiro atoms. The average molecular weight is 866 g/mol. The van der Waals surface area contributed by atoms with Gasteiger partial charge in [-0.2, -0.15) is 0 Å². The quantitative estimate of drug-likeness (QED) is 0.0233. The fourth-order valence-electron chi connectivity index (χ4n) is 6.43. The van der Waals surface area contributed by atoms with Gasteiger partial charge in [0, 0.05) is 6.42 Å². The average Bonchev–Trinajstić information content (AvgIpc) is 3.23. The number of allylic oxidation sites excluding steroid dienone is 9. The molecule has 0 fully saturated rings. The third-order valence-electron chi connectivity index (χ3n) is 10.1. The van der Waals surface area contributed by atoms with Crippen LogP contribution in [0.15, 0.2) is 60.8 Å². The van der Waals surface area contributed by atoms with Crippen molar-refractivity contribution in [3.05, 3.63) is 60.8 Å². The molecule has 0 rings (SSSR count). The second-order valence-corrected chi connectivity index (χ2v) is 17.3. The van der Waals surface area contributed by atoms with Gasteiger partial charge in [-0.1, -0.05) is 209 Å². The van der Waals surface area contributed by atoms with Crippen LogP contribution in [0.4, 0.5) is 0 Å². The van der Waals surface area contributed by atoms with E-state index >= 15 is 0 Å². The number of carbonyl (C=O) groups is 2. The molecular weight excluding hydrogens is 778 g/mol. The van der Waals surface area contributed by atoms with E-state index in [1.54, 1.807) is 0 Å². The largest absolute Gasteiger partial charge is 0.480 e. The van der Waals surface area contributed by atoms with Gasteiger partial charge in [0.1, 0.15) is 12.1 Å². The van der Waals surface area contributed by atoms with Crippen LogP contribution in [0.1, 0.15) is 200 Å². The molecule has 10 nitrogen and oxygen atoms in total. The number of esters is 1. The van der Waals surface area contributed by atoms with Crippen LogP contribution in [0, 0.1) is 0 Å². The predicted molar refractivity (Wildman–Crippen MR) is 249 cm³/mol. The molecule has 11 heteroatoms. The van der Waals surface area contributed by atoms with Crippen LogP contribution in [0.3, 0.4) is 0 Å². The Kier molecular flexibility index (Phi) is 43.0. The van der Waals surface area contributed by atoms with Gasteiger partial charge >= 0.3 is 19.8 Å². The van der Waals surface area contributed by atoms with Crippen molar-refractivity contribution < 1.29 is 42.7 Å². The fraction of sp³-hybridized carbons (Fsp3) is 0.755. The highest BCUT2D eigenvalue weighted by atomic mass is 31.2. The summed E-state index contributed by atoms with van der Waals surface area (Å²) in [6.45, 7) is 3.57. The molecule has 0 aromatic heterocycles. The number of aliphatic carboxylic acids is 1. The van der Waals surface area contributed by atoms with Gasteiger partial charge in [0.25, 0.3) is 0 Å². The SMILES string of the molecule is CC/C=C\C/C=C\C/C=C\C/C=C\C/C=C\CCOCC(COP(=O)(O)OCC(N)C(=O)O)OC(=O)CCCCCCCCCCCCCCCCCCCCCCCC. The summed E-state index contributed by atoms with van der Waals surface area (Å²) in [5, 5.41) is 8.91. The Bertz CT molecular complexity index is 1190. The Morgan fingerprint density at radius 3 is 1.35 bits per heavy atom. The van der Waals surface area contributed by atoms with Crippen molar-refractivity contribution in [1.82, 2.24) is 0 Å². The number of nitrogens with two attached hydrogens (primary N) is 1. The first-order valence-corrected chi connectivity index (χ1v) is 25.3. The van der Waals surface area contributed by atoms with Crippen LogP contribution >= 0.6 is 7.82 Å². The van der Waals surface area contributed by atoms with Crippen LogP contribution in [0.5, 0.6) is 0 Å². The normalized spacial score (nSPS) is 14.3. The van der Waals surface area contributed by atoms with Crippen molar-refractivity contribution in [2.75, 3.05) is 26.4 Å². The standard InChI is InChI=1S/C49H88NO9P/c1-3-5-7-9-11-13-15-17-19-21-22-23-24-25-26-27-29-31-33-35-37-39-41-48(51)59-46(44-57-60(54,55)58-45-47(50)49(52)53)43-56-42-40-38-36-34-32-30-28-20-18-16-14-12-10-8-6-4-2/h6,8,12,14,18,20,30,32,36,38,46-47H,3-5,7,9-11,13,15-17,19,21-29,31,33-35,37,39-45,50H2,1-2H3,(H,52,53)(H,54,55)/b8-6-,14-12-,20-18-,32-30-,38-36-. The topological polar surface area (TPSA) is 155 Å².